The summed E-state index contributed by atoms with van der Waals surface area (Å²) in [6.45, 7) is 0.859. The van der Waals surface area contributed by atoms with Crippen LogP contribution in [0.25, 0.3) is 0 Å². The minimum absolute atomic E-state index is 0.0960. The Morgan fingerprint density at radius 3 is 2.83 bits per heavy atom. The normalized spacial score (nSPS) is 12.2. The number of benzene rings is 2. The molecule has 0 atom stereocenters. The highest BCUT2D eigenvalue weighted by atomic mass is 19.1. The Morgan fingerprint density at radius 2 is 1.96 bits per heavy atom. The van der Waals surface area contributed by atoms with Gasteiger partial charge in [-0.1, -0.05) is 18.2 Å². The van der Waals surface area contributed by atoms with E-state index in [-0.39, 0.29) is 24.9 Å². The minimum atomic E-state index is -0.321. The summed E-state index contributed by atoms with van der Waals surface area (Å²) >= 11 is 0. The largest absolute Gasteiger partial charge is 0.454 e. The Hall–Kier alpha value is -2.56. The molecule has 0 aromatic heterocycles. The van der Waals surface area contributed by atoms with Gasteiger partial charge in [0.15, 0.2) is 11.5 Å². The zero-order valence-corrected chi connectivity index (χ0v) is 12.7. The topological polar surface area (TPSA) is 47.6 Å². The molecule has 4 nitrogen and oxygen atoms in total. The van der Waals surface area contributed by atoms with Crippen molar-refractivity contribution in [2.24, 2.45) is 0 Å². The number of hydrogen-bond acceptors (Lipinski definition) is 3. The van der Waals surface area contributed by atoms with Gasteiger partial charge in [0.2, 0.25) is 12.7 Å². The summed E-state index contributed by atoms with van der Waals surface area (Å²) in [5, 5.41) is 2.86. The first-order valence-corrected chi connectivity index (χ1v) is 7.60. The lowest BCUT2D eigenvalue weighted by atomic mass is 10.1. The van der Waals surface area contributed by atoms with E-state index < -0.39 is 0 Å². The van der Waals surface area contributed by atoms with Gasteiger partial charge in [-0.15, -0.1) is 0 Å². The van der Waals surface area contributed by atoms with Gasteiger partial charge < -0.3 is 14.8 Å². The number of amides is 1. The molecule has 1 aliphatic heterocycles. The number of ether oxygens (including phenoxy) is 2. The monoisotopic (exact) mass is 315 g/mol. The number of nitrogens with one attached hydrogen (secondary N) is 1. The van der Waals surface area contributed by atoms with Gasteiger partial charge in [0.25, 0.3) is 0 Å². The lowest BCUT2D eigenvalue weighted by Gasteiger charge is -2.06. The van der Waals surface area contributed by atoms with Crippen LogP contribution in [0.1, 0.15) is 17.5 Å². The maximum Gasteiger partial charge on any atom is 0.231 e. The molecule has 0 radical (unpaired) electrons. The molecule has 5 heteroatoms. The number of aryl methyl sites for hydroxylation is 1. The smallest absolute Gasteiger partial charge is 0.231 e. The van der Waals surface area contributed by atoms with Crippen LogP contribution >= 0.6 is 0 Å². The van der Waals surface area contributed by atoms with Crippen LogP contribution in [0.2, 0.25) is 0 Å². The summed E-state index contributed by atoms with van der Waals surface area (Å²) in [5.41, 5.74) is 1.83. The molecule has 0 saturated carbocycles. The quantitative estimate of drug-likeness (QED) is 0.834. The van der Waals surface area contributed by atoms with Crippen LogP contribution in [0.4, 0.5) is 4.39 Å². The van der Waals surface area contributed by atoms with Gasteiger partial charge in [0.1, 0.15) is 5.82 Å². The zero-order valence-electron chi connectivity index (χ0n) is 12.7. The van der Waals surface area contributed by atoms with Gasteiger partial charge in [0, 0.05) is 6.54 Å². The number of hydrogen-bond donors (Lipinski definition) is 1. The summed E-state index contributed by atoms with van der Waals surface area (Å²) < 4.78 is 23.7. The van der Waals surface area contributed by atoms with E-state index in [4.69, 9.17) is 9.47 Å². The molecule has 1 amide bonds. The Morgan fingerprint density at radius 1 is 1.09 bits per heavy atom. The number of fused-ring (bicyclic) bond motifs is 1. The molecule has 120 valence electrons. The van der Waals surface area contributed by atoms with E-state index in [1.165, 1.54) is 12.1 Å². The van der Waals surface area contributed by atoms with Crippen molar-refractivity contribution in [3.63, 3.8) is 0 Å². The van der Waals surface area contributed by atoms with Crippen LogP contribution in [0.15, 0.2) is 42.5 Å². The summed E-state index contributed by atoms with van der Waals surface area (Å²) in [4.78, 5) is 11.8. The number of carbonyl (C=O) groups is 1. The molecule has 1 N–H and O–H groups in total. The summed E-state index contributed by atoms with van der Waals surface area (Å²) in [6.07, 6.45) is 1.87. The van der Waals surface area contributed by atoms with Crippen molar-refractivity contribution in [3.8, 4) is 11.5 Å². The lowest BCUT2D eigenvalue weighted by Crippen LogP contribution is -2.26. The number of rotatable bonds is 6. The molecule has 0 aliphatic carbocycles. The SMILES string of the molecule is O=C(Cc1cccc(F)c1)NCCCc1ccc2c(c1)OCO2. The molecule has 2 aromatic carbocycles. The molecule has 0 fully saturated rings. The minimum Gasteiger partial charge on any atom is -0.454 e. The van der Waals surface area contributed by atoms with Crippen LogP contribution in [0, 0.1) is 5.82 Å². The highest BCUT2D eigenvalue weighted by Crippen LogP contribution is 2.32. The van der Waals surface area contributed by atoms with E-state index in [2.05, 4.69) is 5.32 Å². The third kappa shape index (κ3) is 4.22. The Labute approximate surface area is 134 Å². The van der Waals surface area contributed by atoms with E-state index >= 15 is 0 Å². The first-order chi connectivity index (χ1) is 11.2. The van der Waals surface area contributed by atoms with Crippen molar-refractivity contribution in [3.05, 3.63) is 59.4 Å². The predicted molar refractivity (Wildman–Crippen MR) is 84.0 cm³/mol. The first-order valence-electron chi connectivity index (χ1n) is 7.60. The second-order valence-electron chi connectivity index (χ2n) is 5.45. The van der Waals surface area contributed by atoms with Gasteiger partial charge >= 0.3 is 0 Å². The second kappa shape index (κ2) is 7.13. The van der Waals surface area contributed by atoms with Crippen LogP contribution in [0.3, 0.4) is 0 Å². The summed E-state index contributed by atoms with van der Waals surface area (Å²) in [6, 6.07) is 12.0. The molecule has 23 heavy (non-hydrogen) atoms. The fourth-order valence-electron chi connectivity index (χ4n) is 2.51. The first kappa shape index (κ1) is 15.3. The van der Waals surface area contributed by atoms with E-state index in [1.807, 2.05) is 18.2 Å². The fraction of sp³-hybridized carbons (Fsp3) is 0.278. The molecule has 0 spiro atoms. The van der Waals surface area contributed by atoms with Crippen molar-refractivity contribution in [2.75, 3.05) is 13.3 Å². The van der Waals surface area contributed by atoms with Crippen LogP contribution in [-0.4, -0.2) is 19.2 Å². The van der Waals surface area contributed by atoms with E-state index in [9.17, 15) is 9.18 Å². The highest BCUT2D eigenvalue weighted by molar-refractivity contribution is 5.78. The second-order valence-corrected chi connectivity index (χ2v) is 5.45. The average molecular weight is 315 g/mol. The molecule has 1 heterocycles. The Bertz CT molecular complexity index is 702. The molecule has 0 unspecified atom stereocenters. The highest BCUT2D eigenvalue weighted by Gasteiger charge is 2.12. The third-order valence-corrected chi connectivity index (χ3v) is 3.66. The van der Waals surface area contributed by atoms with Crippen molar-refractivity contribution in [2.45, 2.75) is 19.3 Å². The van der Waals surface area contributed by atoms with Gasteiger partial charge in [-0.3, -0.25) is 4.79 Å². The molecular formula is C18H18FNO3. The number of halogens is 1. The van der Waals surface area contributed by atoms with Gasteiger partial charge in [-0.25, -0.2) is 4.39 Å². The number of carbonyl (C=O) groups excluding carboxylic acids is 1. The van der Waals surface area contributed by atoms with E-state index in [0.29, 0.717) is 12.1 Å². The van der Waals surface area contributed by atoms with Crippen molar-refractivity contribution in [1.82, 2.24) is 5.32 Å². The lowest BCUT2D eigenvalue weighted by molar-refractivity contribution is -0.120. The summed E-state index contributed by atoms with van der Waals surface area (Å²) in [7, 11) is 0. The van der Waals surface area contributed by atoms with Crippen molar-refractivity contribution >= 4 is 5.91 Å². The van der Waals surface area contributed by atoms with E-state index in [0.717, 1.165) is 29.9 Å². The van der Waals surface area contributed by atoms with Crippen LogP contribution in [-0.2, 0) is 17.6 Å². The van der Waals surface area contributed by atoms with Crippen molar-refractivity contribution < 1.29 is 18.7 Å². The predicted octanol–water partition coefficient (Wildman–Crippen LogP) is 2.85. The fourth-order valence-corrected chi connectivity index (χ4v) is 2.51. The van der Waals surface area contributed by atoms with Gasteiger partial charge in [-0.2, -0.15) is 0 Å². The average Bonchev–Trinajstić information content (AvgIpc) is 2.99. The van der Waals surface area contributed by atoms with Gasteiger partial charge in [0.05, 0.1) is 6.42 Å². The molecule has 2 aromatic rings. The molecule has 3 rings (SSSR count). The Balaban J connectivity index is 1.40. The molecule has 0 bridgehead atoms. The van der Waals surface area contributed by atoms with E-state index in [1.54, 1.807) is 12.1 Å². The van der Waals surface area contributed by atoms with Crippen LogP contribution in [0.5, 0.6) is 11.5 Å². The standard InChI is InChI=1S/C18H18FNO3/c19-15-5-1-3-14(9-15)11-18(21)20-8-2-4-13-6-7-16-17(10-13)23-12-22-16/h1,3,5-7,9-10H,2,4,8,11-12H2,(H,20,21). The Kier molecular flexibility index (Phi) is 4.76. The molecule has 1 aliphatic rings. The van der Waals surface area contributed by atoms with Crippen LogP contribution < -0.4 is 14.8 Å². The third-order valence-electron chi connectivity index (χ3n) is 3.66. The van der Waals surface area contributed by atoms with Crippen molar-refractivity contribution in [1.29, 1.82) is 0 Å². The summed E-state index contributed by atoms with van der Waals surface area (Å²) in [5.74, 6) is 1.13. The maximum absolute atomic E-state index is 13.1. The molecule has 0 saturated heterocycles. The maximum atomic E-state index is 13.1. The zero-order chi connectivity index (χ0) is 16.1. The molecular weight excluding hydrogens is 297 g/mol. The van der Waals surface area contributed by atoms with Gasteiger partial charge in [-0.05, 0) is 48.2 Å².